The first-order valence-corrected chi connectivity index (χ1v) is 4.16. The topological polar surface area (TPSA) is 41.6 Å². The molecule has 1 aromatic heterocycles. The Bertz CT molecular complexity index is 213. The Kier molecular flexibility index (Phi) is 2.63. The van der Waals surface area contributed by atoms with Crippen LogP contribution in [0, 0.1) is 6.92 Å². The number of rotatable bonds is 3. The molecular weight excluding hydrogens is 138 g/mol. The largest absolute Gasteiger partial charge is 0.263 e. The summed E-state index contributed by atoms with van der Waals surface area (Å²) in [6, 6.07) is 0. The Hall–Kier alpha value is -0.860. The van der Waals surface area contributed by atoms with Crippen LogP contribution < -0.4 is 0 Å². The fourth-order valence-corrected chi connectivity index (χ4v) is 1.20. The molecule has 1 heterocycles. The molecule has 0 fully saturated rings. The molecule has 0 aliphatic carbocycles. The van der Waals surface area contributed by atoms with E-state index in [9.17, 15) is 0 Å². The second-order valence-electron chi connectivity index (χ2n) is 2.79. The van der Waals surface area contributed by atoms with Gasteiger partial charge >= 0.3 is 0 Å². The predicted molar refractivity (Wildman–Crippen MR) is 44.4 cm³/mol. The van der Waals surface area contributed by atoms with Crippen molar-refractivity contribution in [1.82, 2.24) is 15.2 Å². The third kappa shape index (κ3) is 1.79. The normalized spacial score (nSPS) is 10.9. The van der Waals surface area contributed by atoms with E-state index in [2.05, 4.69) is 29.0 Å². The van der Waals surface area contributed by atoms with Crippen LogP contribution in [-0.2, 0) is 0 Å². The number of H-pyrrole nitrogens is 1. The summed E-state index contributed by atoms with van der Waals surface area (Å²) in [5.41, 5.74) is 0. The first kappa shape index (κ1) is 8.24. The molecule has 0 unspecified atom stereocenters. The van der Waals surface area contributed by atoms with Gasteiger partial charge in [0.1, 0.15) is 5.82 Å². The summed E-state index contributed by atoms with van der Waals surface area (Å²) in [5.74, 6) is 2.40. The molecule has 0 saturated carbocycles. The summed E-state index contributed by atoms with van der Waals surface area (Å²) >= 11 is 0. The summed E-state index contributed by atoms with van der Waals surface area (Å²) in [7, 11) is 0. The first-order valence-electron chi connectivity index (χ1n) is 4.16. The fourth-order valence-electron chi connectivity index (χ4n) is 1.20. The highest BCUT2D eigenvalue weighted by Gasteiger charge is 2.10. The number of aryl methyl sites for hydroxylation is 1. The molecule has 3 nitrogen and oxygen atoms in total. The van der Waals surface area contributed by atoms with Gasteiger partial charge in [0.15, 0.2) is 5.82 Å². The van der Waals surface area contributed by atoms with Crippen molar-refractivity contribution in [3.63, 3.8) is 0 Å². The molecule has 0 aliphatic rings. The van der Waals surface area contributed by atoms with Gasteiger partial charge in [0.05, 0.1) is 0 Å². The minimum atomic E-state index is 0.528. The molecule has 0 atom stereocenters. The van der Waals surface area contributed by atoms with Crippen molar-refractivity contribution in [2.24, 2.45) is 0 Å². The Labute approximate surface area is 67.2 Å². The SMILES string of the molecule is CCC(CC)c1n[nH]c(C)n1. The van der Waals surface area contributed by atoms with Gasteiger partial charge in [-0.15, -0.1) is 0 Å². The zero-order valence-electron chi connectivity index (χ0n) is 7.39. The van der Waals surface area contributed by atoms with Crippen LogP contribution in [0.15, 0.2) is 0 Å². The van der Waals surface area contributed by atoms with Gasteiger partial charge in [0, 0.05) is 5.92 Å². The second kappa shape index (κ2) is 3.51. The van der Waals surface area contributed by atoms with E-state index >= 15 is 0 Å². The summed E-state index contributed by atoms with van der Waals surface area (Å²) in [4.78, 5) is 4.29. The van der Waals surface area contributed by atoms with Crippen LogP contribution in [0.3, 0.4) is 0 Å². The molecule has 1 rings (SSSR count). The van der Waals surface area contributed by atoms with Crippen molar-refractivity contribution >= 4 is 0 Å². The highest BCUT2D eigenvalue weighted by molar-refractivity contribution is 4.95. The van der Waals surface area contributed by atoms with E-state index in [1.807, 2.05) is 6.92 Å². The molecule has 0 spiro atoms. The number of aromatic nitrogens is 3. The molecule has 3 heteroatoms. The van der Waals surface area contributed by atoms with Crippen molar-refractivity contribution < 1.29 is 0 Å². The molecule has 0 radical (unpaired) electrons. The lowest BCUT2D eigenvalue weighted by Gasteiger charge is -2.05. The van der Waals surface area contributed by atoms with Gasteiger partial charge in [-0.05, 0) is 19.8 Å². The van der Waals surface area contributed by atoms with Crippen LogP contribution in [0.25, 0.3) is 0 Å². The summed E-state index contributed by atoms with van der Waals surface area (Å²) < 4.78 is 0. The van der Waals surface area contributed by atoms with Gasteiger partial charge in [0.25, 0.3) is 0 Å². The standard InChI is InChI=1S/C8H15N3/c1-4-7(5-2)8-9-6(3)10-11-8/h7H,4-5H2,1-3H3,(H,9,10,11). The van der Waals surface area contributed by atoms with Crippen LogP contribution in [0.5, 0.6) is 0 Å². The molecule has 0 aliphatic heterocycles. The maximum absolute atomic E-state index is 4.29. The van der Waals surface area contributed by atoms with Crippen LogP contribution in [0.4, 0.5) is 0 Å². The Morgan fingerprint density at radius 2 is 2.00 bits per heavy atom. The number of aromatic amines is 1. The lowest BCUT2D eigenvalue weighted by Crippen LogP contribution is -1.97. The molecule has 1 aromatic rings. The maximum atomic E-state index is 4.29. The van der Waals surface area contributed by atoms with Crippen molar-refractivity contribution in [3.05, 3.63) is 11.6 Å². The van der Waals surface area contributed by atoms with Crippen molar-refractivity contribution in [2.45, 2.75) is 39.5 Å². The molecule has 0 amide bonds. The minimum absolute atomic E-state index is 0.528. The van der Waals surface area contributed by atoms with E-state index in [4.69, 9.17) is 0 Å². The highest BCUT2D eigenvalue weighted by atomic mass is 15.2. The third-order valence-electron chi connectivity index (χ3n) is 1.97. The Balaban J connectivity index is 2.73. The van der Waals surface area contributed by atoms with Crippen molar-refractivity contribution in [2.75, 3.05) is 0 Å². The van der Waals surface area contributed by atoms with Crippen LogP contribution >= 0.6 is 0 Å². The fraction of sp³-hybridized carbons (Fsp3) is 0.750. The van der Waals surface area contributed by atoms with Crippen LogP contribution in [-0.4, -0.2) is 15.2 Å². The lowest BCUT2D eigenvalue weighted by atomic mass is 10.0. The Morgan fingerprint density at radius 1 is 1.36 bits per heavy atom. The van der Waals surface area contributed by atoms with E-state index in [1.165, 1.54) is 0 Å². The number of nitrogens with one attached hydrogen (secondary N) is 1. The lowest BCUT2D eigenvalue weighted by molar-refractivity contribution is 0.604. The van der Waals surface area contributed by atoms with Gasteiger partial charge in [-0.25, -0.2) is 4.98 Å². The van der Waals surface area contributed by atoms with E-state index in [0.29, 0.717) is 5.92 Å². The molecule has 0 aromatic carbocycles. The predicted octanol–water partition coefficient (Wildman–Crippen LogP) is 2.02. The monoisotopic (exact) mass is 153 g/mol. The first-order chi connectivity index (χ1) is 5.27. The van der Waals surface area contributed by atoms with Crippen LogP contribution in [0.1, 0.15) is 44.3 Å². The molecule has 0 bridgehead atoms. The molecule has 0 saturated heterocycles. The molecular formula is C8H15N3. The number of nitrogens with zero attached hydrogens (tertiary/aromatic N) is 2. The van der Waals surface area contributed by atoms with Gasteiger partial charge in [-0.1, -0.05) is 13.8 Å². The number of hydrogen-bond donors (Lipinski definition) is 1. The van der Waals surface area contributed by atoms with Gasteiger partial charge in [0.2, 0.25) is 0 Å². The molecule has 1 N–H and O–H groups in total. The average Bonchev–Trinajstić information content (AvgIpc) is 2.39. The number of hydrogen-bond acceptors (Lipinski definition) is 2. The molecule has 62 valence electrons. The van der Waals surface area contributed by atoms with Crippen molar-refractivity contribution in [3.8, 4) is 0 Å². The van der Waals surface area contributed by atoms with E-state index < -0.39 is 0 Å². The van der Waals surface area contributed by atoms with Crippen molar-refractivity contribution in [1.29, 1.82) is 0 Å². The maximum Gasteiger partial charge on any atom is 0.153 e. The zero-order chi connectivity index (χ0) is 8.27. The quantitative estimate of drug-likeness (QED) is 0.721. The van der Waals surface area contributed by atoms with Gasteiger partial charge < -0.3 is 0 Å². The zero-order valence-corrected chi connectivity index (χ0v) is 7.39. The van der Waals surface area contributed by atoms with E-state index in [1.54, 1.807) is 0 Å². The summed E-state index contributed by atoms with van der Waals surface area (Å²) in [6.45, 7) is 6.26. The highest BCUT2D eigenvalue weighted by Crippen LogP contribution is 2.18. The van der Waals surface area contributed by atoms with Gasteiger partial charge in [-0.2, -0.15) is 5.10 Å². The van der Waals surface area contributed by atoms with E-state index in [0.717, 1.165) is 24.5 Å². The average molecular weight is 153 g/mol. The molecule has 11 heavy (non-hydrogen) atoms. The van der Waals surface area contributed by atoms with E-state index in [-0.39, 0.29) is 0 Å². The smallest absolute Gasteiger partial charge is 0.153 e. The summed E-state index contributed by atoms with van der Waals surface area (Å²) in [6.07, 6.45) is 2.24. The van der Waals surface area contributed by atoms with Gasteiger partial charge in [-0.3, -0.25) is 5.10 Å². The second-order valence-corrected chi connectivity index (χ2v) is 2.79. The minimum Gasteiger partial charge on any atom is -0.263 e. The summed E-state index contributed by atoms with van der Waals surface area (Å²) in [5, 5.41) is 6.98. The van der Waals surface area contributed by atoms with Crippen LogP contribution in [0.2, 0.25) is 0 Å². The Morgan fingerprint density at radius 3 is 2.36 bits per heavy atom. The third-order valence-corrected chi connectivity index (χ3v) is 1.97.